The summed E-state index contributed by atoms with van der Waals surface area (Å²) in [4.78, 5) is 1.09. The normalized spacial score (nSPS) is 10.1. The van der Waals surface area contributed by atoms with E-state index >= 15 is 0 Å². The van der Waals surface area contributed by atoms with Crippen molar-refractivity contribution in [1.82, 2.24) is 0 Å². The van der Waals surface area contributed by atoms with Gasteiger partial charge in [-0.3, -0.25) is 0 Å². The third kappa shape index (κ3) is 2.41. The molecule has 1 aromatic heterocycles. The molecule has 0 unspecified atom stereocenters. The third-order valence-corrected chi connectivity index (χ3v) is 3.88. The van der Waals surface area contributed by atoms with E-state index in [1.165, 1.54) is 10.1 Å². The standard InChI is InChI=1S/C16H9ClS/c17-14-8-5-12(6-9-14)7-10-15-11-13-3-1-2-4-16(13)18-15/h1-6,8-9,11H. The van der Waals surface area contributed by atoms with Crippen molar-refractivity contribution in [1.29, 1.82) is 0 Å². The van der Waals surface area contributed by atoms with Crippen LogP contribution in [-0.2, 0) is 0 Å². The van der Waals surface area contributed by atoms with Crippen LogP contribution in [0.2, 0.25) is 5.02 Å². The van der Waals surface area contributed by atoms with Gasteiger partial charge >= 0.3 is 0 Å². The maximum atomic E-state index is 5.84. The first-order valence-electron chi connectivity index (χ1n) is 5.57. The van der Waals surface area contributed by atoms with Gasteiger partial charge in [-0.1, -0.05) is 41.6 Å². The molecule has 3 aromatic rings. The Hall–Kier alpha value is -1.75. The second-order valence-electron chi connectivity index (χ2n) is 3.91. The molecule has 0 fully saturated rings. The van der Waals surface area contributed by atoms with Gasteiger partial charge in [0, 0.05) is 15.3 Å². The SMILES string of the molecule is Clc1ccc(C#Cc2cc3ccccc3s2)cc1. The van der Waals surface area contributed by atoms with Crippen LogP contribution in [0.3, 0.4) is 0 Å². The Morgan fingerprint density at radius 3 is 2.44 bits per heavy atom. The molecule has 0 saturated heterocycles. The highest BCUT2D eigenvalue weighted by atomic mass is 35.5. The van der Waals surface area contributed by atoms with Gasteiger partial charge in [-0.25, -0.2) is 0 Å². The van der Waals surface area contributed by atoms with Crippen molar-refractivity contribution >= 4 is 33.0 Å². The van der Waals surface area contributed by atoms with Crippen LogP contribution in [0, 0.1) is 11.8 Å². The van der Waals surface area contributed by atoms with Crippen LogP contribution >= 0.6 is 22.9 Å². The van der Waals surface area contributed by atoms with Gasteiger partial charge in [-0.05, 0) is 41.8 Å². The maximum absolute atomic E-state index is 5.84. The van der Waals surface area contributed by atoms with Crippen LogP contribution in [0.5, 0.6) is 0 Å². The summed E-state index contributed by atoms with van der Waals surface area (Å²) in [6.45, 7) is 0. The average Bonchev–Trinajstić information content (AvgIpc) is 2.81. The van der Waals surface area contributed by atoms with Crippen LogP contribution in [0.15, 0.2) is 54.6 Å². The maximum Gasteiger partial charge on any atom is 0.0784 e. The molecule has 0 radical (unpaired) electrons. The lowest BCUT2D eigenvalue weighted by atomic mass is 10.2. The molecule has 86 valence electrons. The first kappa shape index (κ1) is 11.3. The Balaban J connectivity index is 1.95. The van der Waals surface area contributed by atoms with Gasteiger partial charge in [-0.15, -0.1) is 11.3 Å². The topological polar surface area (TPSA) is 0 Å². The largest absolute Gasteiger partial charge is 0.127 e. The molecule has 0 nitrogen and oxygen atoms in total. The Bertz CT molecular complexity index is 709. The molecule has 2 aromatic carbocycles. The van der Waals surface area contributed by atoms with E-state index in [1.54, 1.807) is 11.3 Å². The Morgan fingerprint density at radius 1 is 0.889 bits per heavy atom. The van der Waals surface area contributed by atoms with Crippen molar-refractivity contribution in [2.75, 3.05) is 0 Å². The van der Waals surface area contributed by atoms with Crippen molar-refractivity contribution in [3.63, 3.8) is 0 Å². The quantitative estimate of drug-likeness (QED) is 0.506. The highest BCUT2D eigenvalue weighted by Crippen LogP contribution is 2.24. The monoisotopic (exact) mass is 268 g/mol. The molecule has 0 saturated carbocycles. The lowest BCUT2D eigenvalue weighted by Gasteiger charge is -1.89. The van der Waals surface area contributed by atoms with E-state index in [1.807, 2.05) is 30.3 Å². The van der Waals surface area contributed by atoms with Crippen molar-refractivity contribution in [2.45, 2.75) is 0 Å². The lowest BCUT2D eigenvalue weighted by Crippen LogP contribution is -1.72. The number of rotatable bonds is 0. The second kappa shape index (κ2) is 4.86. The summed E-state index contributed by atoms with van der Waals surface area (Å²) in [5.74, 6) is 6.35. The summed E-state index contributed by atoms with van der Waals surface area (Å²) in [5, 5.41) is 1.99. The average molecular weight is 269 g/mol. The van der Waals surface area contributed by atoms with Crippen molar-refractivity contribution < 1.29 is 0 Å². The van der Waals surface area contributed by atoms with Gasteiger partial charge in [0.25, 0.3) is 0 Å². The molecule has 0 spiro atoms. The Kier molecular flexibility index (Phi) is 3.06. The van der Waals surface area contributed by atoms with E-state index < -0.39 is 0 Å². The van der Waals surface area contributed by atoms with E-state index in [0.717, 1.165) is 15.5 Å². The Labute approximate surface area is 115 Å². The van der Waals surface area contributed by atoms with Gasteiger partial charge < -0.3 is 0 Å². The summed E-state index contributed by atoms with van der Waals surface area (Å²) < 4.78 is 1.28. The fourth-order valence-corrected chi connectivity index (χ4v) is 2.75. The molecule has 0 aliphatic rings. The predicted octanol–water partition coefficient (Wildman–Crippen LogP) is 4.95. The lowest BCUT2D eigenvalue weighted by molar-refractivity contribution is 1.65. The predicted molar refractivity (Wildman–Crippen MR) is 79.3 cm³/mol. The van der Waals surface area contributed by atoms with Crippen LogP contribution in [-0.4, -0.2) is 0 Å². The molecule has 0 bridgehead atoms. The van der Waals surface area contributed by atoms with Gasteiger partial charge in [0.05, 0.1) is 4.88 Å². The molecule has 18 heavy (non-hydrogen) atoms. The molecule has 0 aliphatic carbocycles. The first-order valence-corrected chi connectivity index (χ1v) is 6.77. The minimum atomic E-state index is 0.738. The van der Waals surface area contributed by atoms with Crippen LogP contribution in [0.25, 0.3) is 10.1 Å². The summed E-state index contributed by atoms with van der Waals surface area (Å²) in [6.07, 6.45) is 0. The van der Waals surface area contributed by atoms with Gasteiger partial charge in [0.1, 0.15) is 0 Å². The van der Waals surface area contributed by atoms with Crippen molar-refractivity contribution in [3.05, 3.63) is 70.1 Å². The van der Waals surface area contributed by atoms with Crippen LogP contribution in [0.4, 0.5) is 0 Å². The van der Waals surface area contributed by atoms with Crippen LogP contribution in [0.1, 0.15) is 10.4 Å². The number of fused-ring (bicyclic) bond motifs is 1. The molecule has 0 aliphatic heterocycles. The molecule has 3 rings (SSSR count). The van der Waals surface area contributed by atoms with Gasteiger partial charge in [0.2, 0.25) is 0 Å². The fourth-order valence-electron chi connectivity index (χ4n) is 1.71. The highest BCUT2D eigenvalue weighted by Gasteiger charge is 1.97. The molecular weight excluding hydrogens is 260 g/mol. The van der Waals surface area contributed by atoms with Crippen molar-refractivity contribution in [2.24, 2.45) is 0 Å². The highest BCUT2D eigenvalue weighted by molar-refractivity contribution is 7.19. The molecule has 0 atom stereocenters. The molecule has 1 heterocycles. The number of hydrogen-bond acceptors (Lipinski definition) is 1. The first-order chi connectivity index (χ1) is 8.81. The van der Waals surface area contributed by atoms with Crippen molar-refractivity contribution in [3.8, 4) is 11.8 Å². The molecule has 0 amide bonds. The molecule has 0 N–H and O–H groups in total. The third-order valence-electron chi connectivity index (χ3n) is 2.60. The smallest absolute Gasteiger partial charge is 0.0784 e. The minimum Gasteiger partial charge on any atom is -0.127 e. The van der Waals surface area contributed by atoms with E-state index in [0.29, 0.717) is 0 Å². The minimum absolute atomic E-state index is 0.738. The van der Waals surface area contributed by atoms with E-state index in [4.69, 9.17) is 11.6 Å². The number of hydrogen-bond donors (Lipinski definition) is 0. The van der Waals surface area contributed by atoms with E-state index in [-0.39, 0.29) is 0 Å². The van der Waals surface area contributed by atoms with Gasteiger partial charge in [-0.2, -0.15) is 0 Å². The zero-order valence-corrected chi connectivity index (χ0v) is 11.1. The zero-order chi connectivity index (χ0) is 12.4. The number of thiophene rings is 1. The number of benzene rings is 2. The molecule has 2 heteroatoms. The van der Waals surface area contributed by atoms with E-state index in [2.05, 4.69) is 36.1 Å². The summed E-state index contributed by atoms with van der Waals surface area (Å²) in [5.41, 5.74) is 0.983. The summed E-state index contributed by atoms with van der Waals surface area (Å²) in [6, 6.07) is 18.0. The van der Waals surface area contributed by atoms with E-state index in [9.17, 15) is 0 Å². The summed E-state index contributed by atoms with van der Waals surface area (Å²) >= 11 is 7.56. The number of halogens is 1. The second-order valence-corrected chi connectivity index (χ2v) is 5.43. The van der Waals surface area contributed by atoms with Crippen LogP contribution < -0.4 is 0 Å². The zero-order valence-electron chi connectivity index (χ0n) is 9.48. The molecular formula is C16H9ClS. The summed E-state index contributed by atoms with van der Waals surface area (Å²) in [7, 11) is 0. The Morgan fingerprint density at radius 2 is 1.67 bits per heavy atom. The van der Waals surface area contributed by atoms with Gasteiger partial charge in [0.15, 0.2) is 0 Å². The fraction of sp³-hybridized carbons (Fsp3) is 0.